The molecule has 3 aromatic rings. The topological polar surface area (TPSA) is 92.7 Å². The number of amides is 1. The Morgan fingerprint density at radius 1 is 1.00 bits per heavy atom. The highest BCUT2D eigenvalue weighted by Crippen LogP contribution is 2.24. The van der Waals surface area contributed by atoms with Gasteiger partial charge < -0.3 is 15.2 Å². The second kappa shape index (κ2) is 7.70. The minimum absolute atomic E-state index is 0.119. The van der Waals surface area contributed by atoms with Gasteiger partial charge in [-0.15, -0.1) is 0 Å². The fourth-order valence-electron chi connectivity index (χ4n) is 2.69. The average molecular weight is 363 g/mol. The Kier molecular flexibility index (Phi) is 5.17. The maximum Gasteiger partial charge on any atom is 0.339 e. The largest absolute Gasteiger partial charge is 0.506 e. The maximum absolute atomic E-state index is 12.4. The molecular weight excluding hydrogens is 346 g/mol. The number of esters is 1. The summed E-state index contributed by atoms with van der Waals surface area (Å²) in [5, 5.41) is 13.8. The zero-order valence-corrected chi connectivity index (χ0v) is 14.6. The van der Waals surface area contributed by atoms with Gasteiger partial charge in [-0.25, -0.2) is 4.79 Å². The van der Waals surface area contributed by atoms with Crippen molar-refractivity contribution < 1.29 is 24.2 Å². The minimum Gasteiger partial charge on any atom is -0.506 e. The average Bonchev–Trinajstić information content (AvgIpc) is 2.66. The summed E-state index contributed by atoms with van der Waals surface area (Å²) in [5.74, 6) is -1.58. The summed E-state index contributed by atoms with van der Waals surface area (Å²) in [6.07, 6.45) is 0. The van der Waals surface area contributed by atoms with Crippen LogP contribution in [0.15, 0.2) is 60.7 Å². The number of nitrogens with one attached hydrogen (secondary N) is 1. The Bertz CT molecular complexity index is 1040. The van der Waals surface area contributed by atoms with Crippen molar-refractivity contribution in [3.8, 4) is 5.75 Å². The van der Waals surface area contributed by atoms with E-state index >= 15 is 0 Å². The van der Waals surface area contributed by atoms with Gasteiger partial charge in [-0.3, -0.25) is 9.59 Å². The smallest absolute Gasteiger partial charge is 0.339 e. The summed E-state index contributed by atoms with van der Waals surface area (Å²) >= 11 is 0. The van der Waals surface area contributed by atoms with Gasteiger partial charge in [0.15, 0.2) is 12.4 Å². The van der Waals surface area contributed by atoms with Gasteiger partial charge in [0.05, 0.1) is 11.3 Å². The number of anilines is 1. The third-order valence-electron chi connectivity index (χ3n) is 3.97. The van der Waals surface area contributed by atoms with Gasteiger partial charge in [0.25, 0.3) is 0 Å². The van der Waals surface area contributed by atoms with Crippen LogP contribution in [-0.4, -0.2) is 29.4 Å². The summed E-state index contributed by atoms with van der Waals surface area (Å²) in [5.41, 5.74) is 0.710. The van der Waals surface area contributed by atoms with Crippen molar-refractivity contribution in [2.45, 2.75) is 6.92 Å². The maximum atomic E-state index is 12.4. The first kappa shape index (κ1) is 18.1. The van der Waals surface area contributed by atoms with Gasteiger partial charge in [-0.1, -0.05) is 36.4 Å². The summed E-state index contributed by atoms with van der Waals surface area (Å²) in [6, 6.07) is 16.7. The molecule has 0 aliphatic rings. The Labute approximate surface area is 155 Å². The molecule has 0 aliphatic carbocycles. The first-order valence-electron chi connectivity index (χ1n) is 8.24. The van der Waals surface area contributed by atoms with E-state index in [9.17, 15) is 19.5 Å². The number of aromatic hydroxyl groups is 1. The molecule has 2 N–H and O–H groups in total. The van der Waals surface area contributed by atoms with E-state index in [1.807, 2.05) is 30.3 Å². The van der Waals surface area contributed by atoms with Gasteiger partial charge in [0.1, 0.15) is 5.75 Å². The molecule has 0 bridgehead atoms. The highest BCUT2D eigenvalue weighted by molar-refractivity contribution is 6.06. The van der Waals surface area contributed by atoms with Gasteiger partial charge >= 0.3 is 5.97 Å². The number of fused-ring (bicyclic) bond motifs is 1. The Morgan fingerprint density at radius 3 is 2.52 bits per heavy atom. The van der Waals surface area contributed by atoms with E-state index < -0.39 is 18.4 Å². The summed E-state index contributed by atoms with van der Waals surface area (Å²) in [4.78, 5) is 35.9. The lowest BCUT2D eigenvalue weighted by Gasteiger charge is -2.09. The third kappa shape index (κ3) is 4.12. The first-order valence-corrected chi connectivity index (χ1v) is 8.24. The number of Topliss-reactive ketones (excluding diaryl/α,β-unsaturated/α-hetero) is 1. The van der Waals surface area contributed by atoms with Crippen LogP contribution in [0.4, 0.5) is 5.69 Å². The molecule has 0 radical (unpaired) electrons. The molecule has 0 aromatic heterocycles. The third-order valence-corrected chi connectivity index (χ3v) is 3.97. The molecular formula is C21H17NO5. The molecule has 136 valence electrons. The molecule has 1 amide bonds. The second-order valence-electron chi connectivity index (χ2n) is 5.94. The molecule has 0 spiro atoms. The molecule has 0 saturated carbocycles. The quantitative estimate of drug-likeness (QED) is 0.411. The van der Waals surface area contributed by atoms with Crippen molar-refractivity contribution in [2.75, 3.05) is 11.9 Å². The SMILES string of the molecule is CC(=O)Nc1cc(C(=O)COC(=O)c2cccc3ccccc23)ccc1O. The van der Waals surface area contributed by atoms with E-state index in [1.165, 1.54) is 25.1 Å². The fraction of sp³-hybridized carbons (Fsp3) is 0.0952. The number of phenols is 1. The molecule has 27 heavy (non-hydrogen) atoms. The zero-order valence-electron chi connectivity index (χ0n) is 14.6. The van der Waals surface area contributed by atoms with E-state index in [-0.39, 0.29) is 22.9 Å². The van der Waals surface area contributed by atoms with E-state index in [1.54, 1.807) is 12.1 Å². The summed E-state index contributed by atoms with van der Waals surface area (Å²) < 4.78 is 5.17. The van der Waals surface area contributed by atoms with Crippen LogP contribution in [0.1, 0.15) is 27.6 Å². The van der Waals surface area contributed by atoms with Crippen LogP contribution in [0, 0.1) is 0 Å². The molecule has 0 atom stereocenters. The van der Waals surface area contributed by atoms with Crippen LogP contribution in [0.2, 0.25) is 0 Å². The second-order valence-corrected chi connectivity index (χ2v) is 5.94. The molecule has 0 aliphatic heterocycles. The number of carbonyl (C=O) groups is 3. The lowest BCUT2D eigenvalue weighted by atomic mass is 10.0. The highest BCUT2D eigenvalue weighted by Gasteiger charge is 2.15. The number of carbonyl (C=O) groups excluding carboxylic acids is 3. The van der Waals surface area contributed by atoms with Crippen LogP contribution in [0.25, 0.3) is 10.8 Å². The van der Waals surface area contributed by atoms with Gasteiger partial charge in [-0.05, 0) is 35.0 Å². The van der Waals surface area contributed by atoms with Crippen molar-refractivity contribution >= 4 is 34.1 Å². The molecule has 6 nitrogen and oxygen atoms in total. The Balaban J connectivity index is 1.73. The normalized spacial score (nSPS) is 10.4. The standard InChI is InChI=1S/C21H17NO5/c1-13(23)22-18-11-15(9-10-19(18)24)20(25)12-27-21(26)17-8-4-6-14-5-2-3-7-16(14)17/h2-11,24H,12H2,1H3,(H,22,23). The van der Waals surface area contributed by atoms with Gasteiger partial charge in [-0.2, -0.15) is 0 Å². The van der Waals surface area contributed by atoms with E-state index in [4.69, 9.17) is 4.74 Å². The summed E-state index contributed by atoms with van der Waals surface area (Å²) in [6.45, 7) is 0.840. The number of rotatable bonds is 5. The van der Waals surface area contributed by atoms with Crippen LogP contribution < -0.4 is 5.32 Å². The minimum atomic E-state index is -0.596. The number of benzene rings is 3. The molecule has 6 heteroatoms. The van der Waals surface area contributed by atoms with Gasteiger partial charge in [0, 0.05) is 12.5 Å². The fourth-order valence-corrected chi connectivity index (χ4v) is 2.69. The molecule has 3 aromatic carbocycles. The number of ether oxygens (including phenoxy) is 1. The van der Waals surface area contributed by atoms with E-state index in [2.05, 4.69) is 5.32 Å². The number of ketones is 1. The van der Waals surface area contributed by atoms with Gasteiger partial charge in [0.2, 0.25) is 5.91 Å². The van der Waals surface area contributed by atoms with Crippen LogP contribution in [0.3, 0.4) is 0 Å². The lowest BCUT2D eigenvalue weighted by Crippen LogP contribution is -2.15. The monoisotopic (exact) mass is 363 g/mol. The van der Waals surface area contributed by atoms with Crippen molar-refractivity contribution in [3.05, 3.63) is 71.8 Å². The molecule has 0 fully saturated rings. The Hall–Kier alpha value is -3.67. The Morgan fingerprint density at radius 2 is 1.74 bits per heavy atom. The number of hydrogen-bond donors (Lipinski definition) is 2. The van der Waals surface area contributed by atoms with Crippen molar-refractivity contribution in [1.82, 2.24) is 0 Å². The molecule has 3 rings (SSSR count). The molecule has 0 unspecified atom stereocenters. The number of phenolic OH excluding ortho intramolecular Hbond substituents is 1. The first-order chi connectivity index (χ1) is 13.0. The predicted molar refractivity (Wildman–Crippen MR) is 101 cm³/mol. The highest BCUT2D eigenvalue weighted by atomic mass is 16.5. The van der Waals surface area contributed by atoms with Crippen LogP contribution >= 0.6 is 0 Å². The molecule has 0 saturated heterocycles. The number of hydrogen-bond acceptors (Lipinski definition) is 5. The zero-order chi connectivity index (χ0) is 19.4. The van der Waals surface area contributed by atoms with Crippen molar-refractivity contribution in [3.63, 3.8) is 0 Å². The van der Waals surface area contributed by atoms with E-state index in [0.29, 0.717) is 5.56 Å². The van der Waals surface area contributed by atoms with E-state index in [0.717, 1.165) is 10.8 Å². The van der Waals surface area contributed by atoms with Crippen molar-refractivity contribution in [2.24, 2.45) is 0 Å². The lowest BCUT2D eigenvalue weighted by molar-refractivity contribution is -0.114. The molecule has 0 heterocycles. The predicted octanol–water partition coefficient (Wildman–Crippen LogP) is 3.54. The van der Waals surface area contributed by atoms with Crippen molar-refractivity contribution in [1.29, 1.82) is 0 Å². The van der Waals surface area contributed by atoms with Crippen LogP contribution in [-0.2, 0) is 9.53 Å². The summed E-state index contributed by atoms with van der Waals surface area (Å²) in [7, 11) is 0. The van der Waals surface area contributed by atoms with Crippen LogP contribution in [0.5, 0.6) is 5.75 Å².